The van der Waals surface area contributed by atoms with Gasteiger partial charge in [0.25, 0.3) is 0 Å². The van der Waals surface area contributed by atoms with Crippen LogP contribution in [0.25, 0.3) is 0 Å². The molecule has 1 heterocycles. The van der Waals surface area contributed by atoms with Crippen molar-refractivity contribution in [1.82, 2.24) is 9.97 Å². The topological polar surface area (TPSA) is 93.6 Å². The Morgan fingerprint density at radius 1 is 1.37 bits per heavy atom. The molecule has 7 heteroatoms. The van der Waals surface area contributed by atoms with E-state index in [0.717, 1.165) is 0 Å². The molecule has 1 aromatic heterocycles. The zero-order chi connectivity index (χ0) is 13.8. The van der Waals surface area contributed by atoms with Crippen LogP contribution in [-0.4, -0.2) is 21.0 Å². The van der Waals surface area contributed by atoms with E-state index in [-0.39, 0.29) is 17.5 Å². The predicted octanol–water partition coefficient (Wildman–Crippen LogP) is 2.33. The Morgan fingerprint density at radius 3 is 2.79 bits per heavy atom. The van der Waals surface area contributed by atoms with Crippen molar-refractivity contribution < 1.29 is 9.94 Å². The Hall–Kier alpha value is -2.34. The Kier molecular flexibility index (Phi) is 3.82. The van der Waals surface area contributed by atoms with Crippen molar-refractivity contribution >= 4 is 17.4 Å². The van der Waals surface area contributed by atoms with Crippen LogP contribution in [0.1, 0.15) is 11.4 Å². The van der Waals surface area contributed by atoms with Gasteiger partial charge in [0.2, 0.25) is 0 Å². The van der Waals surface area contributed by atoms with Gasteiger partial charge in [-0.15, -0.1) is 0 Å². The summed E-state index contributed by atoms with van der Waals surface area (Å²) in [6, 6.07) is 8.60. The molecule has 0 saturated carbocycles. The molecule has 98 valence electrons. The van der Waals surface area contributed by atoms with Crippen LogP contribution in [0.5, 0.6) is 11.8 Å². The van der Waals surface area contributed by atoms with Gasteiger partial charge in [0.05, 0.1) is 5.02 Å². The fourth-order valence-electron chi connectivity index (χ4n) is 1.40. The molecule has 19 heavy (non-hydrogen) atoms. The maximum Gasteiger partial charge on any atom is 0.322 e. The van der Waals surface area contributed by atoms with Crippen molar-refractivity contribution in [3.63, 3.8) is 0 Å². The van der Waals surface area contributed by atoms with Gasteiger partial charge in [0.1, 0.15) is 11.4 Å². The molecule has 0 radical (unpaired) electrons. The summed E-state index contributed by atoms with van der Waals surface area (Å²) < 4.78 is 5.48. The number of hydrogen-bond acceptors (Lipinski definition) is 5. The normalized spacial score (nSPS) is 11.4. The molecule has 3 N–H and O–H groups in total. The third kappa shape index (κ3) is 3.11. The molecule has 0 bridgehead atoms. The summed E-state index contributed by atoms with van der Waals surface area (Å²) in [6.07, 6.45) is 0. The van der Waals surface area contributed by atoms with Crippen molar-refractivity contribution in [2.75, 3.05) is 0 Å². The average molecular weight is 279 g/mol. The number of nitrogens with zero attached hydrogens (tertiary/aromatic N) is 3. The van der Waals surface area contributed by atoms with Gasteiger partial charge in [0, 0.05) is 5.69 Å². The SMILES string of the molecule is Cc1cc(/C(N)=N/O)nc(Oc2ccccc2Cl)n1. The minimum Gasteiger partial charge on any atom is -0.423 e. The fraction of sp³-hybridized carbons (Fsp3) is 0.0833. The van der Waals surface area contributed by atoms with Crippen LogP contribution < -0.4 is 10.5 Å². The first-order valence-electron chi connectivity index (χ1n) is 5.36. The zero-order valence-electron chi connectivity index (χ0n) is 10.0. The molecule has 0 aliphatic rings. The summed E-state index contributed by atoms with van der Waals surface area (Å²) in [4.78, 5) is 8.14. The molecular weight excluding hydrogens is 268 g/mol. The van der Waals surface area contributed by atoms with Gasteiger partial charge in [-0.25, -0.2) is 4.98 Å². The largest absolute Gasteiger partial charge is 0.423 e. The lowest BCUT2D eigenvalue weighted by Crippen LogP contribution is -2.16. The van der Waals surface area contributed by atoms with Gasteiger partial charge < -0.3 is 15.7 Å². The van der Waals surface area contributed by atoms with E-state index in [9.17, 15) is 0 Å². The van der Waals surface area contributed by atoms with Crippen molar-refractivity contribution in [2.24, 2.45) is 10.9 Å². The Labute approximate surface area is 114 Å². The number of benzene rings is 1. The number of oxime groups is 1. The zero-order valence-corrected chi connectivity index (χ0v) is 10.8. The van der Waals surface area contributed by atoms with Crippen molar-refractivity contribution in [3.8, 4) is 11.8 Å². The van der Waals surface area contributed by atoms with E-state index in [4.69, 9.17) is 27.3 Å². The lowest BCUT2D eigenvalue weighted by molar-refractivity contribution is 0.318. The highest BCUT2D eigenvalue weighted by atomic mass is 35.5. The highest BCUT2D eigenvalue weighted by Gasteiger charge is 2.09. The van der Waals surface area contributed by atoms with Crippen LogP contribution in [0.3, 0.4) is 0 Å². The molecular formula is C12H11ClN4O2. The molecule has 0 amide bonds. The van der Waals surface area contributed by atoms with E-state index < -0.39 is 0 Å². The number of para-hydroxylation sites is 1. The highest BCUT2D eigenvalue weighted by molar-refractivity contribution is 6.32. The lowest BCUT2D eigenvalue weighted by Gasteiger charge is -2.07. The molecule has 0 aliphatic carbocycles. The summed E-state index contributed by atoms with van der Waals surface area (Å²) in [5.41, 5.74) is 6.38. The first kappa shape index (κ1) is 13.1. The number of hydrogen-bond donors (Lipinski definition) is 2. The second-order valence-corrected chi connectivity index (χ2v) is 4.10. The Bertz CT molecular complexity index is 631. The van der Waals surface area contributed by atoms with Crippen LogP contribution in [0, 0.1) is 6.92 Å². The van der Waals surface area contributed by atoms with E-state index in [0.29, 0.717) is 16.5 Å². The van der Waals surface area contributed by atoms with Crippen molar-refractivity contribution in [3.05, 3.63) is 46.7 Å². The third-order valence-corrected chi connectivity index (χ3v) is 2.55. The molecule has 6 nitrogen and oxygen atoms in total. The number of aryl methyl sites for hydroxylation is 1. The van der Waals surface area contributed by atoms with Crippen LogP contribution in [0.15, 0.2) is 35.5 Å². The van der Waals surface area contributed by atoms with Crippen LogP contribution in [0.4, 0.5) is 0 Å². The molecule has 0 unspecified atom stereocenters. The highest BCUT2D eigenvalue weighted by Crippen LogP contribution is 2.27. The predicted molar refractivity (Wildman–Crippen MR) is 70.8 cm³/mol. The Balaban J connectivity index is 2.36. The molecule has 2 aromatic rings. The molecule has 0 atom stereocenters. The number of aromatic nitrogens is 2. The fourth-order valence-corrected chi connectivity index (χ4v) is 1.57. The molecule has 1 aromatic carbocycles. The first-order valence-corrected chi connectivity index (χ1v) is 5.74. The monoisotopic (exact) mass is 278 g/mol. The van der Waals surface area contributed by atoms with Crippen LogP contribution in [-0.2, 0) is 0 Å². The van der Waals surface area contributed by atoms with Crippen LogP contribution >= 0.6 is 11.6 Å². The standard InChI is InChI=1S/C12H11ClN4O2/c1-7-6-9(11(14)17-18)16-12(15-7)19-10-5-3-2-4-8(10)13/h2-6,18H,1H3,(H2,14,17). The summed E-state index contributed by atoms with van der Waals surface area (Å²) >= 11 is 5.97. The first-order chi connectivity index (χ1) is 9.10. The minimum atomic E-state index is -0.116. The van der Waals surface area contributed by atoms with E-state index in [1.807, 2.05) is 0 Å². The summed E-state index contributed by atoms with van der Waals surface area (Å²) in [6.45, 7) is 1.75. The summed E-state index contributed by atoms with van der Waals surface area (Å²) in [5, 5.41) is 12.0. The summed E-state index contributed by atoms with van der Waals surface area (Å²) in [5.74, 6) is 0.315. The average Bonchev–Trinajstić information content (AvgIpc) is 2.40. The van der Waals surface area contributed by atoms with E-state index >= 15 is 0 Å². The van der Waals surface area contributed by atoms with Gasteiger partial charge in [-0.05, 0) is 25.1 Å². The van der Waals surface area contributed by atoms with Crippen molar-refractivity contribution in [1.29, 1.82) is 0 Å². The van der Waals surface area contributed by atoms with Gasteiger partial charge in [0.15, 0.2) is 5.84 Å². The van der Waals surface area contributed by atoms with Crippen molar-refractivity contribution in [2.45, 2.75) is 6.92 Å². The Morgan fingerprint density at radius 2 is 2.11 bits per heavy atom. The molecule has 0 spiro atoms. The van der Waals surface area contributed by atoms with Gasteiger partial charge in [-0.1, -0.05) is 28.9 Å². The number of halogens is 1. The number of nitrogens with two attached hydrogens (primary N) is 1. The van der Waals surface area contributed by atoms with E-state index in [1.54, 1.807) is 37.3 Å². The van der Waals surface area contributed by atoms with Gasteiger partial charge in [-0.2, -0.15) is 4.98 Å². The minimum absolute atomic E-state index is 0.0784. The second kappa shape index (κ2) is 5.53. The van der Waals surface area contributed by atoms with E-state index in [2.05, 4.69) is 15.1 Å². The number of amidine groups is 1. The second-order valence-electron chi connectivity index (χ2n) is 3.69. The lowest BCUT2D eigenvalue weighted by atomic mass is 10.3. The molecule has 0 saturated heterocycles. The quantitative estimate of drug-likeness (QED) is 0.389. The molecule has 0 fully saturated rings. The number of rotatable bonds is 3. The van der Waals surface area contributed by atoms with Crippen LogP contribution in [0.2, 0.25) is 5.02 Å². The summed E-state index contributed by atoms with van der Waals surface area (Å²) in [7, 11) is 0. The smallest absolute Gasteiger partial charge is 0.322 e. The van der Waals surface area contributed by atoms with E-state index in [1.165, 1.54) is 0 Å². The van der Waals surface area contributed by atoms with Gasteiger partial charge in [-0.3, -0.25) is 0 Å². The molecule has 2 rings (SSSR count). The third-order valence-electron chi connectivity index (χ3n) is 2.24. The maximum atomic E-state index is 8.64. The number of ether oxygens (including phenoxy) is 1. The molecule has 0 aliphatic heterocycles. The van der Waals surface area contributed by atoms with Gasteiger partial charge >= 0.3 is 6.01 Å². The maximum absolute atomic E-state index is 8.64.